The summed E-state index contributed by atoms with van der Waals surface area (Å²) in [7, 11) is 0. The lowest BCUT2D eigenvalue weighted by Gasteiger charge is -2.35. The Bertz CT molecular complexity index is 1080. The predicted octanol–water partition coefficient (Wildman–Crippen LogP) is 3.46. The van der Waals surface area contributed by atoms with Gasteiger partial charge in [0.25, 0.3) is 5.91 Å². The van der Waals surface area contributed by atoms with Crippen LogP contribution in [0.3, 0.4) is 0 Å². The van der Waals surface area contributed by atoms with E-state index >= 15 is 0 Å². The summed E-state index contributed by atoms with van der Waals surface area (Å²) in [6, 6.07) is 4.27. The van der Waals surface area contributed by atoms with Gasteiger partial charge < -0.3 is 25.0 Å². The Morgan fingerprint density at radius 2 is 1.73 bits per heavy atom. The number of rotatable bonds is 5. The maximum absolute atomic E-state index is 13.1. The zero-order valence-corrected chi connectivity index (χ0v) is 23.0. The number of nitrogens with two attached hydrogens (primary N) is 1. The molecule has 0 spiro atoms. The fourth-order valence-corrected chi connectivity index (χ4v) is 5.62. The molecule has 0 radical (unpaired) electrons. The molecule has 2 atom stereocenters. The van der Waals surface area contributed by atoms with Crippen molar-refractivity contribution in [2.24, 2.45) is 10.7 Å². The monoisotopic (exact) mass is 510 g/mol. The molecule has 37 heavy (non-hydrogen) atoms. The van der Waals surface area contributed by atoms with Crippen molar-refractivity contribution in [2.75, 3.05) is 32.7 Å². The first-order valence-electron chi connectivity index (χ1n) is 13.6. The number of carbonyl (C=O) groups is 2. The van der Waals surface area contributed by atoms with Crippen LogP contribution >= 0.6 is 0 Å². The van der Waals surface area contributed by atoms with Crippen LogP contribution in [-0.4, -0.2) is 78.4 Å². The van der Waals surface area contributed by atoms with Crippen molar-refractivity contribution in [3.05, 3.63) is 40.1 Å². The Labute approximate surface area is 220 Å². The molecule has 8 nitrogen and oxygen atoms in total. The summed E-state index contributed by atoms with van der Waals surface area (Å²) >= 11 is 0. The minimum Gasteiger partial charge on any atom is -0.490 e. The Balaban J connectivity index is 1.32. The van der Waals surface area contributed by atoms with Gasteiger partial charge in [-0.05, 0) is 76.6 Å². The van der Waals surface area contributed by atoms with E-state index in [-0.39, 0.29) is 42.4 Å². The van der Waals surface area contributed by atoms with Crippen molar-refractivity contribution >= 4 is 17.5 Å². The van der Waals surface area contributed by atoms with E-state index in [4.69, 9.17) is 15.2 Å². The first-order chi connectivity index (χ1) is 17.6. The van der Waals surface area contributed by atoms with Crippen LogP contribution in [-0.2, 0) is 14.3 Å². The van der Waals surface area contributed by atoms with Crippen molar-refractivity contribution in [3.63, 3.8) is 0 Å². The molecule has 0 aromatic heterocycles. The first kappa shape index (κ1) is 27.2. The topological polar surface area (TPSA) is 97.5 Å². The van der Waals surface area contributed by atoms with Crippen LogP contribution in [0.4, 0.5) is 0 Å². The molecule has 1 aliphatic carbocycles. The normalized spacial score (nSPS) is 25.5. The lowest BCUT2D eigenvalue weighted by Crippen LogP contribution is -2.49. The largest absolute Gasteiger partial charge is 0.490 e. The molecular formula is C29H42N4O4. The van der Waals surface area contributed by atoms with E-state index < -0.39 is 0 Å². The van der Waals surface area contributed by atoms with Gasteiger partial charge in [-0.1, -0.05) is 6.07 Å². The van der Waals surface area contributed by atoms with Crippen molar-refractivity contribution in [3.8, 4) is 5.75 Å². The van der Waals surface area contributed by atoms with E-state index in [9.17, 15) is 9.59 Å². The number of aryl methyl sites for hydroxylation is 2. The number of nitrogens with zero attached hydrogens (tertiary/aromatic N) is 3. The molecule has 8 heteroatoms. The number of morpholine rings is 1. The second-order valence-electron chi connectivity index (χ2n) is 10.9. The van der Waals surface area contributed by atoms with Gasteiger partial charge in [0.2, 0.25) is 5.91 Å². The van der Waals surface area contributed by atoms with Gasteiger partial charge in [0.15, 0.2) is 0 Å². The summed E-state index contributed by atoms with van der Waals surface area (Å²) in [6.07, 6.45) is 4.05. The standard InChI is InChI=1S/C29H42N4O4/c1-18-13-19(2)22(5)26(14-18)37-23-9-11-32(12-10-23)27(34)15-31-25-8-6-7-24(25)28(30)29(35)33-16-20(3)36-21(4)17-33/h13-14,20-21,23H,6-12,15-17,30H2,1-5H3/b28-24-,31-25?/t20-,21+. The quantitative estimate of drug-likeness (QED) is 0.612. The molecular weight excluding hydrogens is 468 g/mol. The van der Waals surface area contributed by atoms with Crippen LogP contribution < -0.4 is 10.5 Å². The van der Waals surface area contributed by atoms with E-state index in [1.807, 2.05) is 18.7 Å². The predicted molar refractivity (Wildman–Crippen MR) is 145 cm³/mol. The number of carbonyl (C=O) groups excluding carboxylic acids is 2. The zero-order chi connectivity index (χ0) is 26.7. The molecule has 202 valence electrons. The highest BCUT2D eigenvalue weighted by molar-refractivity contribution is 6.09. The first-order valence-corrected chi connectivity index (χ1v) is 13.6. The lowest BCUT2D eigenvalue weighted by atomic mass is 10.0. The van der Waals surface area contributed by atoms with Crippen molar-refractivity contribution in [2.45, 2.75) is 85.0 Å². The molecule has 0 bridgehead atoms. The van der Waals surface area contributed by atoms with Gasteiger partial charge >= 0.3 is 0 Å². The molecule has 3 fully saturated rings. The number of allylic oxidation sites excluding steroid dienone is 1. The molecule has 0 unspecified atom stereocenters. The second-order valence-corrected chi connectivity index (χ2v) is 10.9. The summed E-state index contributed by atoms with van der Waals surface area (Å²) in [5.41, 5.74) is 11.8. The zero-order valence-electron chi connectivity index (χ0n) is 23.0. The third-order valence-corrected chi connectivity index (χ3v) is 7.71. The van der Waals surface area contributed by atoms with Gasteiger partial charge in [-0.25, -0.2) is 0 Å². The number of hydrogen-bond donors (Lipinski definition) is 1. The minimum atomic E-state index is -0.154. The fraction of sp³-hybridized carbons (Fsp3) is 0.621. The van der Waals surface area contributed by atoms with Gasteiger partial charge in [-0.2, -0.15) is 0 Å². The third kappa shape index (κ3) is 6.53. The highest BCUT2D eigenvalue weighted by Crippen LogP contribution is 2.28. The number of benzene rings is 1. The van der Waals surface area contributed by atoms with Crippen LogP contribution in [0.2, 0.25) is 0 Å². The Morgan fingerprint density at radius 1 is 1.05 bits per heavy atom. The van der Waals surface area contributed by atoms with Crippen LogP contribution in [0.25, 0.3) is 0 Å². The summed E-state index contributed by atoms with van der Waals surface area (Å²) < 4.78 is 12.1. The molecule has 2 saturated heterocycles. The summed E-state index contributed by atoms with van der Waals surface area (Å²) in [5.74, 6) is 0.807. The van der Waals surface area contributed by atoms with Gasteiger partial charge in [0.05, 0.1) is 12.2 Å². The van der Waals surface area contributed by atoms with Crippen molar-refractivity contribution in [1.82, 2.24) is 9.80 Å². The Kier molecular flexibility index (Phi) is 8.57. The Hall–Kier alpha value is -2.87. The molecule has 1 aromatic carbocycles. The number of hydrogen-bond acceptors (Lipinski definition) is 6. The molecule has 1 saturated carbocycles. The molecule has 4 rings (SSSR count). The van der Waals surface area contributed by atoms with E-state index in [1.54, 1.807) is 4.90 Å². The SMILES string of the molecule is Cc1cc(C)c(C)c(OC2CCN(C(=O)CN=C3CCC/C3=C(/N)C(=O)N3C[C@@H](C)O[C@@H](C)C3)CC2)c1. The Morgan fingerprint density at radius 3 is 2.41 bits per heavy atom. The van der Waals surface area contributed by atoms with Gasteiger partial charge in [0, 0.05) is 50.3 Å². The van der Waals surface area contributed by atoms with Gasteiger partial charge in [-0.15, -0.1) is 0 Å². The molecule has 2 heterocycles. The minimum absolute atomic E-state index is 0.0144. The lowest BCUT2D eigenvalue weighted by molar-refractivity contribution is -0.139. The molecule has 2 aliphatic heterocycles. The molecule has 3 aliphatic rings. The van der Waals surface area contributed by atoms with Crippen LogP contribution in [0.5, 0.6) is 5.75 Å². The fourth-order valence-electron chi connectivity index (χ4n) is 5.62. The van der Waals surface area contributed by atoms with Crippen LogP contribution in [0.15, 0.2) is 28.4 Å². The average molecular weight is 511 g/mol. The number of aliphatic imine (C=N–C) groups is 1. The number of piperidine rings is 1. The number of amides is 2. The highest BCUT2D eigenvalue weighted by atomic mass is 16.5. The van der Waals surface area contributed by atoms with Crippen molar-refractivity contribution < 1.29 is 19.1 Å². The summed E-state index contributed by atoms with van der Waals surface area (Å²) in [6.45, 7) is 12.7. The van der Waals surface area contributed by atoms with Crippen LogP contribution in [0, 0.1) is 20.8 Å². The molecule has 1 aromatic rings. The summed E-state index contributed by atoms with van der Waals surface area (Å²) in [5, 5.41) is 0. The van der Waals surface area contributed by atoms with E-state index in [0.29, 0.717) is 26.2 Å². The second kappa shape index (κ2) is 11.7. The van der Waals surface area contributed by atoms with Gasteiger partial charge in [0.1, 0.15) is 24.1 Å². The van der Waals surface area contributed by atoms with Gasteiger partial charge in [-0.3, -0.25) is 14.6 Å². The smallest absolute Gasteiger partial charge is 0.270 e. The molecule has 2 N–H and O–H groups in total. The van der Waals surface area contributed by atoms with E-state index in [1.165, 1.54) is 16.7 Å². The molecule has 2 amide bonds. The maximum Gasteiger partial charge on any atom is 0.270 e. The maximum atomic E-state index is 13.1. The number of likely N-dealkylation sites (tertiary alicyclic amines) is 1. The van der Waals surface area contributed by atoms with E-state index in [0.717, 1.165) is 49.1 Å². The average Bonchev–Trinajstić information content (AvgIpc) is 3.33. The third-order valence-electron chi connectivity index (χ3n) is 7.71. The number of ether oxygens (including phenoxy) is 2. The van der Waals surface area contributed by atoms with Crippen molar-refractivity contribution in [1.29, 1.82) is 0 Å². The highest BCUT2D eigenvalue weighted by Gasteiger charge is 2.30. The summed E-state index contributed by atoms with van der Waals surface area (Å²) in [4.78, 5) is 34.3. The van der Waals surface area contributed by atoms with E-state index in [2.05, 4.69) is 37.9 Å². The van der Waals surface area contributed by atoms with Crippen LogP contribution in [0.1, 0.15) is 62.6 Å².